The molecule has 0 bridgehead atoms. The zero-order valence-electron chi connectivity index (χ0n) is 11.2. The van der Waals surface area contributed by atoms with Gasteiger partial charge in [-0.1, -0.05) is 0 Å². The number of hydrogen-bond donors (Lipinski definition) is 1. The summed E-state index contributed by atoms with van der Waals surface area (Å²) >= 11 is 0. The molecule has 0 aliphatic carbocycles. The maximum Gasteiger partial charge on any atom is 0.251 e. The zero-order chi connectivity index (χ0) is 13.8. The Morgan fingerprint density at radius 3 is 2.84 bits per heavy atom. The van der Waals surface area contributed by atoms with E-state index in [0.29, 0.717) is 12.2 Å². The van der Waals surface area contributed by atoms with Crippen LogP contribution in [0.1, 0.15) is 6.42 Å². The van der Waals surface area contributed by atoms with E-state index in [2.05, 4.69) is 11.9 Å². The molecule has 0 spiro atoms. The van der Waals surface area contributed by atoms with Crippen molar-refractivity contribution in [2.24, 2.45) is 0 Å². The summed E-state index contributed by atoms with van der Waals surface area (Å²) in [6, 6.07) is 2.93. The van der Waals surface area contributed by atoms with Crippen LogP contribution in [0.4, 0.5) is 5.69 Å². The van der Waals surface area contributed by atoms with E-state index >= 15 is 0 Å². The number of aromatic nitrogens is 1. The first kappa shape index (κ1) is 13.6. The number of nitrogens with zero attached hydrogens (tertiary/aromatic N) is 3. The molecule has 0 aromatic carbocycles. The summed E-state index contributed by atoms with van der Waals surface area (Å²) in [7, 11) is 2.05. The molecule has 1 aromatic heterocycles. The van der Waals surface area contributed by atoms with Crippen molar-refractivity contribution in [3.8, 4) is 0 Å². The summed E-state index contributed by atoms with van der Waals surface area (Å²) in [5, 5.41) is 0. The smallest absolute Gasteiger partial charge is 0.251 e. The molecule has 6 nitrogen and oxygen atoms in total. The SMILES string of the molecule is CN1CCCN(C(=O)Cn2cc(N)ccc2=O)CC1. The number of nitrogen functional groups attached to an aromatic ring is 1. The zero-order valence-corrected chi connectivity index (χ0v) is 11.2. The Labute approximate surface area is 112 Å². The highest BCUT2D eigenvalue weighted by atomic mass is 16.2. The predicted octanol–water partition coefficient (Wildman–Crippen LogP) is -0.405. The largest absolute Gasteiger partial charge is 0.398 e. The lowest BCUT2D eigenvalue weighted by atomic mass is 10.3. The minimum Gasteiger partial charge on any atom is -0.398 e. The van der Waals surface area contributed by atoms with Crippen LogP contribution >= 0.6 is 0 Å². The van der Waals surface area contributed by atoms with Crippen molar-refractivity contribution in [3.63, 3.8) is 0 Å². The summed E-state index contributed by atoms with van der Waals surface area (Å²) in [5.41, 5.74) is 5.92. The second kappa shape index (κ2) is 5.88. The van der Waals surface area contributed by atoms with Crippen molar-refractivity contribution < 1.29 is 4.79 Å². The summed E-state index contributed by atoms with van der Waals surface area (Å²) < 4.78 is 1.37. The third-order valence-electron chi connectivity index (χ3n) is 3.38. The molecule has 0 atom stereocenters. The van der Waals surface area contributed by atoms with Gasteiger partial charge >= 0.3 is 0 Å². The quantitative estimate of drug-likeness (QED) is 0.788. The monoisotopic (exact) mass is 264 g/mol. The summed E-state index contributed by atoms with van der Waals surface area (Å²) in [5.74, 6) is -0.0250. The van der Waals surface area contributed by atoms with E-state index in [4.69, 9.17) is 5.73 Å². The van der Waals surface area contributed by atoms with Gasteiger partial charge in [0.15, 0.2) is 0 Å². The molecule has 2 rings (SSSR count). The van der Waals surface area contributed by atoms with E-state index in [-0.39, 0.29) is 18.0 Å². The van der Waals surface area contributed by atoms with Crippen LogP contribution < -0.4 is 11.3 Å². The van der Waals surface area contributed by atoms with E-state index in [0.717, 1.165) is 26.1 Å². The second-order valence-electron chi connectivity index (χ2n) is 4.97. The van der Waals surface area contributed by atoms with Crippen molar-refractivity contribution >= 4 is 11.6 Å². The van der Waals surface area contributed by atoms with Gasteiger partial charge in [-0.25, -0.2) is 0 Å². The summed E-state index contributed by atoms with van der Waals surface area (Å²) in [4.78, 5) is 27.9. The van der Waals surface area contributed by atoms with Crippen LogP contribution in [0.2, 0.25) is 0 Å². The van der Waals surface area contributed by atoms with Crippen LogP contribution in [-0.2, 0) is 11.3 Å². The molecule has 0 saturated carbocycles. The lowest BCUT2D eigenvalue weighted by molar-refractivity contribution is -0.131. The van der Waals surface area contributed by atoms with E-state index < -0.39 is 0 Å². The summed E-state index contributed by atoms with van der Waals surface area (Å²) in [6.45, 7) is 3.40. The van der Waals surface area contributed by atoms with E-state index in [1.54, 1.807) is 6.07 Å². The van der Waals surface area contributed by atoms with E-state index in [1.165, 1.54) is 16.8 Å². The Hall–Kier alpha value is -1.82. The number of amides is 1. The average molecular weight is 264 g/mol. The van der Waals surface area contributed by atoms with Crippen LogP contribution in [0.15, 0.2) is 23.1 Å². The van der Waals surface area contributed by atoms with Gasteiger partial charge in [-0.2, -0.15) is 0 Å². The maximum absolute atomic E-state index is 12.2. The molecule has 1 aliphatic heterocycles. The molecule has 0 unspecified atom stereocenters. The van der Waals surface area contributed by atoms with Gasteiger partial charge in [0.1, 0.15) is 6.54 Å². The highest BCUT2D eigenvalue weighted by Gasteiger charge is 2.17. The molecule has 19 heavy (non-hydrogen) atoms. The maximum atomic E-state index is 12.2. The molecule has 2 heterocycles. The molecular formula is C13H20N4O2. The van der Waals surface area contributed by atoms with Gasteiger partial charge in [-0.05, 0) is 26.1 Å². The Morgan fingerprint density at radius 2 is 2.05 bits per heavy atom. The molecule has 1 aromatic rings. The van der Waals surface area contributed by atoms with E-state index in [1.807, 2.05) is 4.90 Å². The molecule has 2 N–H and O–H groups in total. The van der Waals surface area contributed by atoms with Crippen molar-refractivity contribution in [2.75, 3.05) is 39.0 Å². The fraction of sp³-hybridized carbons (Fsp3) is 0.538. The highest BCUT2D eigenvalue weighted by molar-refractivity contribution is 5.76. The van der Waals surface area contributed by atoms with Gasteiger partial charge in [0.2, 0.25) is 5.91 Å². The fourth-order valence-corrected chi connectivity index (χ4v) is 2.22. The van der Waals surface area contributed by atoms with Crippen molar-refractivity contribution in [1.82, 2.24) is 14.4 Å². The molecule has 1 amide bonds. The average Bonchev–Trinajstić information content (AvgIpc) is 2.59. The Kier molecular flexibility index (Phi) is 4.21. The van der Waals surface area contributed by atoms with Crippen LogP contribution in [0.25, 0.3) is 0 Å². The van der Waals surface area contributed by atoms with Gasteiger partial charge in [-0.15, -0.1) is 0 Å². The minimum atomic E-state index is -0.200. The van der Waals surface area contributed by atoms with Gasteiger partial charge in [0.25, 0.3) is 5.56 Å². The van der Waals surface area contributed by atoms with Crippen molar-refractivity contribution in [2.45, 2.75) is 13.0 Å². The van der Waals surface area contributed by atoms with Crippen LogP contribution in [0.3, 0.4) is 0 Å². The molecule has 104 valence electrons. The predicted molar refractivity (Wildman–Crippen MR) is 73.8 cm³/mol. The van der Waals surface area contributed by atoms with Crippen LogP contribution in [0.5, 0.6) is 0 Å². The number of hydrogen-bond acceptors (Lipinski definition) is 4. The normalized spacial score (nSPS) is 17.2. The number of likely N-dealkylation sites (N-methyl/N-ethyl adjacent to an activating group) is 1. The fourth-order valence-electron chi connectivity index (χ4n) is 2.22. The van der Waals surface area contributed by atoms with Crippen molar-refractivity contribution in [1.29, 1.82) is 0 Å². The molecule has 1 aliphatic rings. The standard InChI is InChI=1S/C13H20N4O2/c1-15-5-2-6-16(8-7-15)13(19)10-17-9-11(14)3-4-12(17)18/h3-4,9H,2,5-8,10,14H2,1H3. The van der Waals surface area contributed by atoms with Gasteiger partial charge in [-0.3, -0.25) is 9.59 Å². The van der Waals surface area contributed by atoms with E-state index in [9.17, 15) is 9.59 Å². The first-order chi connectivity index (χ1) is 9.06. The molecule has 6 heteroatoms. The Bertz CT molecular complexity index is 512. The van der Waals surface area contributed by atoms with Gasteiger partial charge in [0, 0.05) is 37.6 Å². The lowest BCUT2D eigenvalue weighted by Gasteiger charge is -2.21. The molecular weight excluding hydrogens is 244 g/mol. The first-order valence-electron chi connectivity index (χ1n) is 6.48. The van der Waals surface area contributed by atoms with Crippen LogP contribution in [-0.4, -0.2) is 53.5 Å². The van der Waals surface area contributed by atoms with Gasteiger partial charge < -0.3 is 20.1 Å². The molecule has 0 radical (unpaired) electrons. The number of anilines is 1. The number of nitrogens with two attached hydrogens (primary N) is 1. The number of rotatable bonds is 2. The number of carbonyl (C=O) groups excluding carboxylic acids is 1. The molecule has 1 fully saturated rings. The second-order valence-corrected chi connectivity index (χ2v) is 4.97. The Morgan fingerprint density at radius 1 is 1.26 bits per heavy atom. The number of pyridine rings is 1. The van der Waals surface area contributed by atoms with Gasteiger partial charge in [0.05, 0.1) is 0 Å². The minimum absolute atomic E-state index is 0.0250. The summed E-state index contributed by atoms with van der Waals surface area (Å²) in [6.07, 6.45) is 2.48. The Balaban J connectivity index is 2.04. The topological polar surface area (TPSA) is 71.6 Å². The highest BCUT2D eigenvalue weighted by Crippen LogP contribution is 2.03. The third-order valence-corrected chi connectivity index (χ3v) is 3.38. The molecule has 1 saturated heterocycles. The third kappa shape index (κ3) is 3.57. The van der Waals surface area contributed by atoms with Crippen molar-refractivity contribution in [3.05, 3.63) is 28.7 Å². The van der Waals surface area contributed by atoms with Crippen LogP contribution in [0, 0.1) is 0 Å². The lowest BCUT2D eigenvalue weighted by Crippen LogP contribution is -2.38. The number of carbonyl (C=O) groups is 1. The first-order valence-corrected chi connectivity index (χ1v) is 6.48.